The standard InChI is InChI=1S/C20H21N7O3/c1-13(10-28-2)30-19-14(5-21)3-4-18(26-19)15-6-22-20(23-7-15)25-16-8-24-27(9-16)17-11-29-12-17/h3-4,6-9,13,17H,10-12H2,1-2H3,(H,22,23,25)/t13-/m0/s1. The van der Waals surface area contributed by atoms with E-state index in [1.165, 1.54) is 0 Å². The molecule has 3 aromatic rings. The maximum atomic E-state index is 9.31. The Balaban J connectivity index is 1.48. The van der Waals surface area contributed by atoms with Gasteiger partial charge in [0.2, 0.25) is 11.8 Å². The topological polar surface area (TPSA) is 120 Å². The number of anilines is 2. The van der Waals surface area contributed by atoms with Crippen LogP contribution in [0.2, 0.25) is 0 Å². The summed E-state index contributed by atoms with van der Waals surface area (Å²) in [7, 11) is 1.59. The van der Waals surface area contributed by atoms with Gasteiger partial charge in [-0.2, -0.15) is 10.4 Å². The van der Waals surface area contributed by atoms with E-state index in [1.54, 1.807) is 37.8 Å². The Kier molecular flexibility index (Phi) is 5.83. The van der Waals surface area contributed by atoms with Crippen molar-refractivity contribution < 1.29 is 14.2 Å². The Hall–Kier alpha value is -3.55. The molecule has 0 bridgehead atoms. The molecule has 10 nitrogen and oxygen atoms in total. The SMILES string of the molecule is COC[C@H](C)Oc1nc(-c2cnc(Nc3cnn(C4COC4)c3)nc2)ccc1C#N. The predicted octanol–water partition coefficient (Wildman–Crippen LogP) is 2.34. The van der Waals surface area contributed by atoms with Crippen LogP contribution in [0.4, 0.5) is 11.6 Å². The lowest BCUT2D eigenvalue weighted by atomic mass is 10.2. The largest absolute Gasteiger partial charge is 0.471 e. The molecule has 1 N–H and O–H groups in total. The van der Waals surface area contributed by atoms with E-state index < -0.39 is 0 Å². The highest BCUT2D eigenvalue weighted by Crippen LogP contribution is 2.24. The van der Waals surface area contributed by atoms with Gasteiger partial charge in [0.1, 0.15) is 17.7 Å². The van der Waals surface area contributed by atoms with Crippen LogP contribution in [0.5, 0.6) is 5.88 Å². The van der Waals surface area contributed by atoms with Gasteiger partial charge in [-0.1, -0.05) is 0 Å². The number of hydrogen-bond donors (Lipinski definition) is 1. The molecule has 1 saturated heterocycles. The van der Waals surface area contributed by atoms with Crippen molar-refractivity contribution in [2.75, 3.05) is 32.2 Å². The summed E-state index contributed by atoms with van der Waals surface area (Å²) in [5.74, 6) is 0.705. The zero-order valence-electron chi connectivity index (χ0n) is 16.6. The fourth-order valence-corrected chi connectivity index (χ4v) is 2.87. The Bertz CT molecular complexity index is 1040. The number of nitrogens with one attached hydrogen (secondary N) is 1. The molecule has 0 radical (unpaired) electrons. The van der Waals surface area contributed by atoms with Gasteiger partial charge in [-0.05, 0) is 19.1 Å². The number of rotatable bonds is 8. The maximum absolute atomic E-state index is 9.31. The highest BCUT2D eigenvalue weighted by molar-refractivity contribution is 5.61. The van der Waals surface area contributed by atoms with E-state index in [2.05, 4.69) is 31.4 Å². The third-order valence-corrected chi connectivity index (χ3v) is 4.49. The second kappa shape index (κ2) is 8.86. The maximum Gasteiger partial charge on any atom is 0.232 e. The molecule has 0 aliphatic carbocycles. The van der Waals surface area contributed by atoms with E-state index in [-0.39, 0.29) is 18.0 Å². The van der Waals surface area contributed by atoms with Crippen molar-refractivity contribution in [2.45, 2.75) is 19.1 Å². The van der Waals surface area contributed by atoms with Gasteiger partial charge >= 0.3 is 0 Å². The molecule has 4 heterocycles. The normalized spacial score (nSPS) is 14.6. The summed E-state index contributed by atoms with van der Waals surface area (Å²) in [5, 5.41) is 16.8. The van der Waals surface area contributed by atoms with Crippen LogP contribution in [0.3, 0.4) is 0 Å². The minimum atomic E-state index is -0.236. The molecule has 1 aliphatic heterocycles. The van der Waals surface area contributed by atoms with E-state index in [1.807, 2.05) is 17.8 Å². The second-order valence-electron chi connectivity index (χ2n) is 6.87. The molecule has 0 spiro atoms. The number of methoxy groups -OCH3 is 1. The summed E-state index contributed by atoms with van der Waals surface area (Å²) in [6.45, 7) is 3.60. The number of aromatic nitrogens is 5. The first-order valence-corrected chi connectivity index (χ1v) is 9.44. The molecule has 0 amide bonds. The van der Waals surface area contributed by atoms with Crippen LogP contribution in [0.15, 0.2) is 36.9 Å². The summed E-state index contributed by atoms with van der Waals surface area (Å²) >= 11 is 0. The smallest absolute Gasteiger partial charge is 0.232 e. The van der Waals surface area contributed by atoms with Crippen molar-refractivity contribution in [2.24, 2.45) is 0 Å². The molecule has 30 heavy (non-hydrogen) atoms. The molecule has 1 atom stereocenters. The monoisotopic (exact) mass is 407 g/mol. The van der Waals surface area contributed by atoms with Gasteiger partial charge in [-0.25, -0.2) is 15.0 Å². The molecule has 3 aromatic heterocycles. The number of nitriles is 1. The van der Waals surface area contributed by atoms with E-state index >= 15 is 0 Å². The van der Waals surface area contributed by atoms with Crippen LogP contribution in [-0.2, 0) is 9.47 Å². The van der Waals surface area contributed by atoms with Crippen LogP contribution in [0.1, 0.15) is 18.5 Å². The highest BCUT2D eigenvalue weighted by atomic mass is 16.5. The van der Waals surface area contributed by atoms with E-state index in [0.717, 1.165) is 5.69 Å². The Morgan fingerprint density at radius 1 is 1.30 bits per heavy atom. The molecule has 0 unspecified atom stereocenters. The van der Waals surface area contributed by atoms with Crippen molar-refractivity contribution >= 4 is 11.6 Å². The third-order valence-electron chi connectivity index (χ3n) is 4.49. The van der Waals surface area contributed by atoms with Gasteiger partial charge in [-0.3, -0.25) is 4.68 Å². The van der Waals surface area contributed by atoms with E-state index in [9.17, 15) is 5.26 Å². The molecule has 0 aromatic carbocycles. The Morgan fingerprint density at radius 3 is 2.77 bits per heavy atom. The van der Waals surface area contributed by atoms with Gasteiger partial charge in [0.25, 0.3) is 0 Å². The van der Waals surface area contributed by atoms with E-state index in [0.29, 0.717) is 42.6 Å². The second-order valence-corrected chi connectivity index (χ2v) is 6.87. The lowest BCUT2D eigenvalue weighted by Gasteiger charge is -2.25. The van der Waals surface area contributed by atoms with Crippen molar-refractivity contribution in [3.63, 3.8) is 0 Å². The van der Waals surface area contributed by atoms with Crippen molar-refractivity contribution in [1.82, 2.24) is 24.7 Å². The number of hydrogen-bond acceptors (Lipinski definition) is 9. The third kappa shape index (κ3) is 4.37. The molecule has 1 fully saturated rings. The van der Waals surface area contributed by atoms with Gasteiger partial charge in [0.05, 0.1) is 43.4 Å². The molecule has 4 rings (SSSR count). The first kappa shape index (κ1) is 19.8. The first-order valence-electron chi connectivity index (χ1n) is 9.44. The lowest BCUT2D eigenvalue weighted by Crippen LogP contribution is -2.30. The van der Waals surface area contributed by atoms with Gasteiger partial charge < -0.3 is 19.5 Å². The molecule has 10 heteroatoms. The van der Waals surface area contributed by atoms with Crippen LogP contribution in [0, 0.1) is 11.3 Å². The lowest BCUT2D eigenvalue weighted by molar-refractivity contribution is -0.0286. The molecule has 154 valence electrons. The fourth-order valence-electron chi connectivity index (χ4n) is 2.87. The minimum absolute atomic E-state index is 0.236. The zero-order valence-corrected chi connectivity index (χ0v) is 16.6. The molecule has 0 saturated carbocycles. The van der Waals surface area contributed by atoms with Gasteiger partial charge in [0.15, 0.2) is 0 Å². The first-order chi connectivity index (χ1) is 14.7. The number of ether oxygens (including phenoxy) is 3. The fraction of sp³-hybridized carbons (Fsp3) is 0.350. The molecular weight excluding hydrogens is 386 g/mol. The minimum Gasteiger partial charge on any atom is -0.471 e. The quantitative estimate of drug-likeness (QED) is 0.600. The Morgan fingerprint density at radius 2 is 2.10 bits per heavy atom. The molecule has 1 aliphatic rings. The van der Waals surface area contributed by atoms with Gasteiger partial charge in [-0.15, -0.1) is 0 Å². The van der Waals surface area contributed by atoms with Crippen LogP contribution >= 0.6 is 0 Å². The van der Waals surface area contributed by atoms with E-state index in [4.69, 9.17) is 14.2 Å². The van der Waals surface area contributed by atoms with Crippen LogP contribution in [0.25, 0.3) is 11.3 Å². The van der Waals surface area contributed by atoms with Crippen molar-refractivity contribution in [3.05, 3.63) is 42.5 Å². The average Bonchev–Trinajstić information content (AvgIpc) is 3.15. The highest BCUT2D eigenvalue weighted by Gasteiger charge is 2.21. The summed E-state index contributed by atoms with van der Waals surface area (Å²) in [6, 6.07) is 5.79. The summed E-state index contributed by atoms with van der Waals surface area (Å²) in [4.78, 5) is 13.2. The van der Waals surface area contributed by atoms with Crippen molar-refractivity contribution in [1.29, 1.82) is 5.26 Å². The van der Waals surface area contributed by atoms with Crippen molar-refractivity contribution in [3.8, 4) is 23.2 Å². The number of pyridine rings is 1. The summed E-state index contributed by atoms with van der Waals surface area (Å²) in [5.41, 5.74) is 2.47. The summed E-state index contributed by atoms with van der Waals surface area (Å²) in [6.07, 6.45) is 6.71. The van der Waals surface area contributed by atoms with Crippen LogP contribution in [-0.4, -0.2) is 57.8 Å². The predicted molar refractivity (Wildman–Crippen MR) is 107 cm³/mol. The summed E-state index contributed by atoms with van der Waals surface area (Å²) < 4.78 is 17.9. The van der Waals surface area contributed by atoms with Gasteiger partial charge in [0, 0.05) is 31.3 Å². The zero-order chi connectivity index (χ0) is 20.9. The average molecular weight is 407 g/mol. The van der Waals surface area contributed by atoms with Crippen LogP contribution < -0.4 is 10.1 Å². The Labute approximate surface area is 173 Å². The number of nitrogens with zero attached hydrogens (tertiary/aromatic N) is 6. The molecular formula is C20H21N7O3.